The number of carbonyl (C=O) groups is 2. The summed E-state index contributed by atoms with van der Waals surface area (Å²) in [4.78, 5) is 23.5. The van der Waals surface area contributed by atoms with Crippen molar-refractivity contribution in [3.05, 3.63) is 35.9 Å². The molecular weight excluding hydrogens is 320 g/mol. The predicted octanol–water partition coefficient (Wildman–Crippen LogP) is 3.15. The Morgan fingerprint density at radius 2 is 1.75 bits per heavy atom. The van der Waals surface area contributed by atoms with Crippen LogP contribution in [-0.2, 0) is 14.3 Å². The Morgan fingerprint density at radius 3 is 2.25 bits per heavy atom. The highest BCUT2D eigenvalue weighted by molar-refractivity contribution is 5.90. The van der Waals surface area contributed by atoms with Crippen molar-refractivity contribution in [1.29, 1.82) is 0 Å². The Hall–Kier alpha value is -2.44. The lowest BCUT2D eigenvalue weighted by atomic mass is 10.1. The standard InChI is InChI=1S/C17H21F2NO4/c1-11(15(22)20-17(2,3)4)23-14(21)10-7-12-5-8-13(9-6-12)24-16(18)19/h5-11,16H,1-4H3,(H,20,22)/b10-7+/t11-/m0/s1. The second-order valence-corrected chi connectivity index (χ2v) is 6.10. The number of rotatable bonds is 6. The molecule has 0 fully saturated rings. The average molecular weight is 341 g/mol. The molecule has 0 radical (unpaired) electrons. The molecule has 1 aromatic carbocycles. The molecule has 0 saturated carbocycles. The van der Waals surface area contributed by atoms with Crippen LogP contribution < -0.4 is 10.1 Å². The van der Waals surface area contributed by atoms with Gasteiger partial charge in [0.25, 0.3) is 5.91 Å². The van der Waals surface area contributed by atoms with Gasteiger partial charge in [0.05, 0.1) is 0 Å². The van der Waals surface area contributed by atoms with Gasteiger partial charge >= 0.3 is 12.6 Å². The molecule has 0 aliphatic rings. The lowest BCUT2D eigenvalue weighted by Gasteiger charge is -2.22. The molecular formula is C17H21F2NO4. The predicted molar refractivity (Wildman–Crippen MR) is 85.6 cm³/mol. The van der Waals surface area contributed by atoms with Gasteiger partial charge in [0, 0.05) is 11.6 Å². The minimum absolute atomic E-state index is 0.0252. The lowest BCUT2D eigenvalue weighted by Crippen LogP contribution is -2.46. The first-order chi connectivity index (χ1) is 11.1. The van der Waals surface area contributed by atoms with Gasteiger partial charge in [0.15, 0.2) is 6.10 Å². The third-order valence-corrected chi connectivity index (χ3v) is 2.68. The van der Waals surface area contributed by atoms with Gasteiger partial charge in [-0.2, -0.15) is 8.78 Å². The van der Waals surface area contributed by atoms with Crippen molar-refractivity contribution >= 4 is 18.0 Å². The van der Waals surface area contributed by atoms with Crippen molar-refractivity contribution in [1.82, 2.24) is 5.32 Å². The van der Waals surface area contributed by atoms with Crippen molar-refractivity contribution in [2.45, 2.75) is 45.9 Å². The molecule has 5 nitrogen and oxygen atoms in total. The molecule has 1 atom stereocenters. The van der Waals surface area contributed by atoms with Crippen molar-refractivity contribution in [3.63, 3.8) is 0 Å². The molecule has 1 amide bonds. The normalized spacial score (nSPS) is 13.0. The van der Waals surface area contributed by atoms with Gasteiger partial charge in [0.1, 0.15) is 5.75 Å². The van der Waals surface area contributed by atoms with E-state index in [-0.39, 0.29) is 5.75 Å². The van der Waals surface area contributed by atoms with E-state index in [0.717, 1.165) is 6.08 Å². The molecule has 0 aromatic heterocycles. The molecule has 132 valence electrons. The molecule has 0 bridgehead atoms. The van der Waals surface area contributed by atoms with Crippen LogP contribution in [0.25, 0.3) is 6.08 Å². The number of benzene rings is 1. The number of halogens is 2. The van der Waals surface area contributed by atoms with Crippen molar-refractivity contribution in [2.75, 3.05) is 0 Å². The first-order valence-electron chi connectivity index (χ1n) is 7.32. The highest BCUT2D eigenvalue weighted by Crippen LogP contribution is 2.15. The van der Waals surface area contributed by atoms with E-state index in [9.17, 15) is 18.4 Å². The van der Waals surface area contributed by atoms with Crippen LogP contribution >= 0.6 is 0 Å². The molecule has 1 N–H and O–H groups in total. The van der Waals surface area contributed by atoms with E-state index >= 15 is 0 Å². The van der Waals surface area contributed by atoms with Crippen LogP contribution in [0.4, 0.5) is 8.78 Å². The summed E-state index contributed by atoms with van der Waals surface area (Å²) < 4.78 is 33.3. The van der Waals surface area contributed by atoms with Gasteiger partial charge in [-0.1, -0.05) is 12.1 Å². The molecule has 1 rings (SSSR count). The monoisotopic (exact) mass is 341 g/mol. The zero-order valence-electron chi connectivity index (χ0n) is 14.0. The fraction of sp³-hybridized carbons (Fsp3) is 0.412. The van der Waals surface area contributed by atoms with E-state index in [1.165, 1.54) is 37.3 Å². The van der Waals surface area contributed by atoms with Crippen molar-refractivity contribution in [3.8, 4) is 5.75 Å². The van der Waals surface area contributed by atoms with Gasteiger partial charge in [-0.15, -0.1) is 0 Å². The maximum absolute atomic E-state index is 12.0. The number of carbonyl (C=O) groups excluding carboxylic acids is 2. The third-order valence-electron chi connectivity index (χ3n) is 2.68. The van der Waals surface area contributed by atoms with Gasteiger partial charge in [-0.05, 0) is 51.5 Å². The lowest BCUT2D eigenvalue weighted by molar-refractivity contribution is -0.150. The number of amides is 1. The summed E-state index contributed by atoms with van der Waals surface area (Å²) in [6, 6.07) is 5.74. The summed E-state index contributed by atoms with van der Waals surface area (Å²) in [5, 5.41) is 2.70. The number of hydrogen-bond donors (Lipinski definition) is 1. The second kappa shape index (κ2) is 8.42. The summed E-state index contributed by atoms with van der Waals surface area (Å²) >= 11 is 0. The number of esters is 1. The summed E-state index contributed by atoms with van der Waals surface area (Å²) in [6.45, 7) is 4.05. The van der Waals surface area contributed by atoms with Crippen LogP contribution in [0.2, 0.25) is 0 Å². The number of ether oxygens (including phenoxy) is 2. The zero-order valence-corrected chi connectivity index (χ0v) is 14.0. The van der Waals surface area contributed by atoms with Crippen LogP contribution in [0, 0.1) is 0 Å². The minimum atomic E-state index is -2.89. The molecule has 1 aromatic rings. The maximum Gasteiger partial charge on any atom is 0.387 e. The van der Waals surface area contributed by atoms with Crippen LogP contribution in [0.3, 0.4) is 0 Å². The smallest absolute Gasteiger partial charge is 0.387 e. The minimum Gasteiger partial charge on any atom is -0.449 e. The van der Waals surface area contributed by atoms with Crippen molar-refractivity contribution < 1.29 is 27.8 Å². The fourth-order valence-corrected chi connectivity index (χ4v) is 1.66. The Morgan fingerprint density at radius 1 is 1.17 bits per heavy atom. The Balaban J connectivity index is 2.55. The Kier molecular flexibility index (Phi) is 6.88. The summed E-state index contributed by atoms with van der Waals surface area (Å²) in [6.07, 6.45) is 1.68. The van der Waals surface area contributed by atoms with Gasteiger partial charge in [-0.25, -0.2) is 4.79 Å². The summed E-state index contributed by atoms with van der Waals surface area (Å²) in [5.41, 5.74) is 0.177. The van der Waals surface area contributed by atoms with Crippen LogP contribution in [0.15, 0.2) is 30.3 Å². The first-order valence-corrected chi connectivity index (χ1v) is 7.32. The summed E-state index contributed by atoms with van der Waals surface area (Å²) in [7, 11) is 0. The van der Waals surface area contributed by atoms with E-state index in [0.29, 0.717) is 5.56 Å². The van der Waals surface area contributed by atoms with E-state index in [4.69, 9.17) is 4.74 Å². The van der Waals surface area contributed by atoms with Crippen LogP contribution in [0.1, 0.15) is 33.3 Å². The SMILES string of the molecule is C[C@H](OC(=O)/C=C/c1ccc(OC(F)F)cc1)C(=O)NC(C)(C)C. The second-order valence-electron chi connectivity index (χ2n) is 6.10. The highest BCUT2D eigenvalue weighted by atomic mass is 19.3. The molecule has 0 aliphatic heterocycles. The average Bonchev–Trinajstić information content (AvgIpc) is 2.44. The molecule has 0 aliphatic carbocycles. The molecule has 24 heavy (non-hydrogen) atoms. The van der Waals surface area contributed by atoms with Crippen molar-refractivity contribution in [2.24, 2.45) is 0 Å². The maximum atomic E-state index is 12.0. The molecule has 0 unspecified atom stereocenters. The Bertz CT molecular complexity index is 592. The molecule has 7 heteroatoms. The molecule has 0 heterocycles. The van der Waals surface area contributed by atoms with E-state index in [1.54, 1.807) is 0 Å². The topological polar surface area (TPSA) is 64.6 Å². The third kappa shape index (κ3) is 7.71. The molecule has 0 saturated heterocycles. The first kappa shape index (κ1) is 19.6. The summed E-state index contributed by atoms with van der Waals surface area (Å²) in [5.74, 6) is -1.05. The van der Waals surface area contributed by atoms with E-state index in [1.807, 2.05) is 20.8 Å². The van der Waals surface area contributed by atoms with Gasteiger partial charge in [0.2, 0.25) is 0 Å². The van der Waals surface area contributed by atoms with Crippen LogP contribution in [0.5, 0.6) is 5.75 Å². The zero-order chi connectivity index (χ0) is 18.3. The van der Waals surface area contributed by atoms with Gasteiger partial charge in [-0.3, -0.25) is 4.79 Å². The fourth-order valence-electron chi connectivity index (χ4n) is 1.66. The number of hydrogen-bond acceptors (Lipinski definition) is 4. The van der Waals surface area contributed by atoms with Crippen LogP contribution in [-0.4, -0.2) is 30.1 Å². The number of alkyl halides is 2. The van der Waals surface area contributed by atoms with E-state index in [2.05, 4.69) is 10.1 Å². The van der Waals surface area contributed by atoms with E-state index < -0.39 is 30.1 Å². The number of nitrogens with one attached hydrogen (secondary N) is 1. The largest absolute Gasteiger partial charge is 0.449 e. The van der Waals surface area contributed by atoms with Gasteiger partial charge < -0.3 is 14.8 Å². The Labute approximate surface area is 139 Å². The quantitative estimate of drug-likeness (QED) is 0.638. The highest BCUT2D eigenvalue weighted by Gasteiger charge is 2.21. The molecule has 0 spiro atoms.